The van der Waals surface area contributed by atoms with E-state index in [4.69, 9.17) is 4.74 Å². The largest absolute Gasteiger partial charge is 0.469 e. The Kier molecular flexibility index (Phi) is 5.39. The van der Waals surface area contributed by atoms with Crippen LogP contribution in [-0.4, -0.2) is 26.8 Å². The molecule has 2 aromatic carbocycles. The predicted octanol–water partition coefficient (Wildman–Crippen LogP) is 4.87. The summed E-state index contributed by atoms with van der Waals surface area (Å²) in [6.45, 7) is 2.61. The van der Waals surface area contributed by atoms with Gasteiger partial charge in [-0.15, -0.1) is 0 Å². The first-order valence-corrected chi connectivity index (χ1v) is 11.8. The van der Waals surface area contributed by atoms with Crippen molar-refractivity contribution in [1.29, 1.82) is 0 Å². The topological polar surface area (TPSA) is 58.2 Å². The highest BCUT2D eigenvalue weighted by Gasteiger charge is 2.39. The smallest absolute Gasteiger partial charge is 0.329 e. The fraction of sp³-hybridized carbons (Fsp3) is 0.407. The zero-order valence-corrected chi connectivity index (χ0v) is 19.6. The normalized spacial score (nSPS) is 15.8. The van der Waals surface area contributed by atoms with Gasteiger partial charge in [-0.3, -0.25) is 13.9 Å². The first kappa shape index (κ1) is 21.6. The third-order valence-electron chi connectivity index (χ3n) is 7.43. The van der Waals surface area contributed by atoms with Crippen molar-refractivity contribution >= 4 is 27.9 Å². The Morgan fingerprint density at radius 3 is 2.42 bits per heavy atom. The van der Waals surface area contributed by atoms with E-state index in [-0.39, 0.29) is 18.1 Å². The number of benzene rings is 2. The second kappa shape index (κ2) is 8.25. The van der Waals surface area contributed by atoms with Gasteiger partial charge in [0.25, 0.3) is 0 Å². The Balaban J connectivity index is 1.71. The summed E-state index contributed by atoms with van der Waals surface area (Å²) in [7, 11) is 3.47. The molecule has 1 aliphatic rings. The molecule has 2 aromatic heterocycles. The number of aromatic nitrogens is 3. The summed E-state index contributed by atoms with van der Waals surface area (Å²) in [4.78, 5) is 26.5. The minimum atomic E-state index is -0.540. The summed E-state index contributed by atoms with van der Waals surface area (Å²) in [5.74, 6) is -0.259. The molecule has 4 aromatic rings. The van der Waals surface area contributed by atoms with Crippen molar-refractivity contribution in [2.45, 2.75) is 57.5 Å². The average Bonchev–Trinajstić information content (AvgIpc) is 3.29. The lowest BCUT2D eigenvalue weighted by Gasteiger charge is -2.37. The molecule has 6 heteroatoms. The molecule has 0 saturated heterocycles. The molecule has 1 aliphatic carbocycles. The maximum atomic E-state index is 14.1. The molecule has 0 N–H and O–H groups in total. The standard InChI is InChI=1S/C27H31N3O3/c1-19-10-9-13-23-25(19)20(17-28(23)2)18-29-21-11-5-6-12-22(21)30(26(29)32)27(16-24(31)33-3)14-7-4-8-15-27/h5-6,9-13,17H,4,7-8,14-16,18H2,1-3H3. The molecule has 33 heavy (non-hydrogen) atoms. The summed E-state index contributed by atoms with van der Waals surface area (Å²) in [6, 6.07) is 14.3. The van der Waals surface area contributed by atoms with Crippen molar-refractivity contribution in [3.05, 3.63) is 70.3 Å². The summed E-state index contributed by atoms with van der Waals surface area (Å²) >= 11 is 0. The van der Waals surface area contributed by atoms with Crippen LogP contribution in [0.4, 0.5) is 0 Å². The lowest BCUT2D eigenvalue weighted by Crippen LogP contribution is -2.44. The highest BCUT2D eigenvalue weighted by molar-refractivity contribution is 5.87. The van der Waals surface area contributed by atoms with Crippen molar-refractivity contribution in [1.82, 2.24) is 13.7 Å². The predicted molar refractivity (Wildman–Crippen MR) is 131 cm³/mol. The summed E-state index contributed by atoms with van der Waals surface area (Å²) in [6.07, 6.45) is 7.11. The SMILES string of the molecule is COC(=O)CC1(n2c(=O)n(Cc3cn(C)c4cccc(C)c34)c3ccccc32)CCCCC1. The maximum absolute atomic E-state index is 14.1. The minimum Gasteiger partial charge on any atom is -0.469 e. The van der Waals surface area contributed by atoms with E-state index >= 15 is 0 Å². The molecule has 0 amide bonds. The number of esters is 1. The van der Waals surface area contributed by atoms with Crippen LogP contribution in [-0.2, 0) is 28.7 Å². The van der Waals surface area contributed by atoms with Gasteiger partial charge in [-0.2, -0.15) is 0 Å². The van der Waals surface area contributed by atoms with Crippen LogP contribution in [0.5, 0.6) is 0 Å². The number of carbonyl (C=O) groups excluding carboxylic acids is 1. The summed E-state index contributed by atoms with van der Waals surface area (Å²) in [5.41, 5.74) is 4.70. The van der Waals surface area contributed by atoms with Gasteiger partial charge < -0.3 is 9.30 Å². The second-order valence-electron chi connectivity index (χ2n) is 9.47. The van der Waals surface area contributed by atoms with Crippen molar-refractivity contribution in [2.24, 2.45) is 7.05 Å². The Morgan fingerprint density at radius 1 is 1.00 bits per heavy atom. The number of ether oxygens (including phenoxy) is 1. The lowest BCUT2D eigenvalue weighted by molar-refractivity contribution is -0.143. The van der Waals surface area contributed by atoms with E-state index in [2.05, 4.69) is 35.9 Å². The highest BCUT2D eigenvalue weighted by Crippen LogP contribution is 2.39. The molecule has 2 heterocycles. The van der Waals surface area contributed by atoms with Crippen molar-refractivity contribution in [3.63, 3.8) is 0 Å². The van der Waals surface area contributed by atoms with E-state index < -0.39 is 5.54 Å². The van der Waals surface area contributed by atoms with E-state index in [9.17, 15) is 9.59 Å². The monoisotopic (exact) mass is 445 g/mol. The van der Waals surface area contributed by atoms with Gasteiger partial charge in [0.2, 0.25) is 0 Å². The van der Waals surface area contributed by atoms with E-state index in [1.807, 2.05) is 40.4 Å². The van der Waals surface area contributed by atoms with Gasteiger partial charge in [0.1, 0.15) is 0 Å². The number of methoxy groups -OCH3 is 1. The number of aryl methyl sites for hydroxylation is 2. The first-order chi connectivity index (χ1) is 15.9. The van der Waals surface area contributed by atoms with Crippen molar-refractivity contribution < 1.29 is 9.53 Å². The van der Waals surface area contributed by atoms with Gasteiger partial charge in [-0.05, 0) is 49.1 Å². The Labute approximate surface area is 193 Å². The molecule has 0 unspecified atom stereocenters. The van der Waals surface area contributed by atoms with Crippen molar-refractivity contribution in [2.75, 3.05) is 7.11 Å². The van der Waals surface area contributed by atoms with Gasteiger partial charge in [0.05, 0.1) is 36.6 Å². The number of imidazole rings is 1. The molecule has 1 saturated carbocycles. The molecule has 5 rings (SSSR count). The number of para-hydroxylation sites is 2. The molecule has 0 atom stereocenters. The molecular formula is C27H31N3O3. The van der Waals surface area contributed by atoms with Crippen LogP contribution >= 0.6 is 0 Å². The fourth-order valence-corrected chi connectivity index (χ4v) is 5.87. The quantitative estimate of drug-likeness (QED) is 0.412. The van der Waals surface area contributed by atoms with Gasteiger partial charge in [-0.25, -0.2) is 4.79 Å². The van der Waals surface area contributed by atoms with Gasteiger partial charge in [-0.1, -0.05) is 43.5 Å². The van der Waals surface area contributed by atoms with Crippen LogP contribution in [0.2, 0.25) is 0 Å². The van der Waals surface area contributed by atoms with Crippen LogP contribution in [0.15, 0.2) is 53.5 Å². The molecular weight excluding hydrogens is 414 g/mol. The molecule has 1 fully saturated rings. The number of nitrogens with zero attached hydrogens (tertiary/aromatic N) is 3. The summed E-state index contributed by atoms with van der Waals surface area (Å²) < 4.78 is 11.0. The van der Waals surface area contributed by atoms with Crippen LogP contribution in [0.1, 0.15) is 49.7 Å². The molecule has 6 nitrogen and oxygen atoms in total. The Bertz CT molecular complexity index is 1400. The Hall–Kier alpha value is -3.28. The van der Waals surface area contributed by atoms with Gasteiger partial charge in [0, 0.05) is 24.1 Å². The lowest BCUT2D eigenvalue weighted by atomic mass is 9.79. The van der Waals surface area contributed by atoms with Crippen molar-refractivity contribution in [3.8, 4) is 0 Å². The Morgan fingerprint density at radius 2 is 1.70 bits per heavy atom. The number of hydrogen-bond acceptors (Lipinski definition) is 3. The highest BCUT2D eigenvalue weighted by atomic mass is 16.5. The maximum Gasteiger partial charge on any atom is 0.329 e. The zero-order chi connectivity index (χ0) is 23.2. The average molecular weight is 446 g/mol. The molecule has 0 radical (unpaired) electrons. The van der Waals surface area contributed by atoms with Gasteiger partial charge in [0.15, 0.2) is 0 Å². The van der Waals surface area contributed by atoms with E-state index in [1.54, 1.807) is 0 Å². The first-order valence-electron chi connectivity index (χ1n) is 11.8. The number of rotatable bonds is 5. The third kappa shape index (κ3) is 3.48. The molecule has 0 aliphatic heterocycles. The van der Waals surface area contributed by atoms with E-state index in [0.29, 0.717) is 6.54 Å². The fourth-order valence-electron chi connectivity index (χ4n) is 5.87. The van der Waals surface area contributed by atoms with Crippen LogP contribution in [0, 0.1) is 6.92 Å². The van der Waals surface area contributed by atoms with Gasteiger partial charge >= 0.3 is 11.7 Å². The number of fused-ring (bicyclic) bond motifs is 2. The van der Waals surface area contributed by atoms with Crippen LogP contribution in [0.25, 0.3) is 21.9 Å². The molecule has 0 bridgehead atoms. The second-order valence-corrected chi connectivity index (χ2v) is 9.47. The number of carbonyl (C=O) groups is 1. The van der Waals surface area contributed by atoms with Crippen LogP contribution < -0.4 is 5.69 Å². The third-order valence-corrected chi connectivity index (χ3v) is 7.43. The molecule has 0 spiro atoms. The number of hydrogen-bond donors (Lipinski definition) is 0. The zero-order valence-electron chi connectivity index (χ0n) is 19.6. The minimum absolute atomic E-state index is 0.0485. The van der Waals surface area contributed by atoms with E-state index in [1.165, 1.54) is 18.1 Å². The molecule has 172 valence electrons. The van der Waals surface area contributed by atoms with E-state index in [0.717, 1.165) is 54.2 Å². The summed E-state index contributed by atoms with van der Waals surface area (Å²) in [5, 5.41) is 1.20. The van der Waals surface area contributed by atoms with Crippen LogP contribution in [0.3, 0.4) is 0 Å².